The van der Waals surface area contributed by atoms with Crippen molar-refractivity contribution >= 4 is 10.9 Å². The molecular weight excluding hydrogens is 234 g/mol. The molecule has 1 saturated heterocycles. The van der Waals surface area contributed by atoms with Crippen molar-refractivity contribution in [3.63, 3.8) is 0 Å². The number of aromatic nitrogens is 1. The Morgan fingerprint density at radius 2 is 2.32 bits per heavy atom. The van der Waals surface area contributed by atoms with E-state index in [-0.39, 0.29) is 0 Å². The molecule has 0 spiro atoms. The van der Waals surface area contributed by atoms with Crippen LogP contribution in [0.2, 0.25) is 0 Å². The number of pyridine rings is 1. The number of benzene rings is 1. The standard InChI is InChI=1S/C16H21N3/c1-2-15-11-17-8-9-19(15)12-13-5-6-16-14(10-13)4-3-7-18-16/h3-7,10,15,17H,2,8-9,11-12H2,1H3. The highest BCUT2D eigenvalue weighted by Gasteiger charge is 2.20. The Bertz CT molecular complexity index is 552. The molecule has 0 bridgehead atoms. The summed E-state index contributed by atoms with van der Waals surface area (Å²) in [4.78, 5) is 6.97. The van der Waals surface area contributed by atoms with Gasteiger partial charge in [-0.2, -0.15) is 0 Å². The first-order valence-electron chi connectivity index (χ1n) is 7.15. The number of fused-ring (bicyclic) bond motifs is 1. The monoisotopic (exact) mass is 255 g/mol. The van der Waals surface area contributed by atoms with Gasteiger partial charge in [-0.1, -0.05) is 19.1 Å². The number of hydrogen-bond acceptors (Lipinski definition) is 3. The van der Waals surface area contributed by atoms with Gasteiger partial charge in [0.1, 0.15) is 0 Å². The fourth-order valence-corrected chi connectivity index (χ4v) is 2.87. The SMILES string of the molecule is CCC1CNCCN1Cc1ccc2ncccc2c1. The van der Waals surface area contributed by atoms with Crippen molar-refractivity contribution in [2.45, 2.75) is 25.9 Å². The third-order valence-electron chi connectivity index (χ3n) is 4.00. The van der Waals surface area contributed by atoms with E-state index in [0.717, 1.165) is 31.7 Å². The highest BCUT2D eigenvalue weighted by atomic mass is 15.2. The van der Waals surface area contributed by atoms with E-state index in [2.05, 4.69) is 46.4 Å². The number of hydrogen-bond donors (Lipinski definition) is 1. The molecule has 3 heteroatoms. The molecule has 1 aromatic heterocycles. The molecule has 0 radical (unpaired) electrons. The Hall–Kier alpha value is -1.45. The van der Waals surface area contributed by atoms with Gasteiger partial charge in [0.25, 0.3) is 0 Å². The molecule has 3 rings (SSSR count). The van der Waals surface area contributed by atoms with Crippen LogP contribution < -0.4 is 5.32 Å². The maximum Gasteiger partial charge on any atom is 0.0702 e. The van der Waals surface area contributed by atoms with Gasteiger partial charge in [0.05, 0.1) is 5.52 Å². The summed E-state index contributed by atoms with van der Waals surface area (Å²) in [6.45, 7) is 6.68. The molecule has 1 atom stereocenters. The van der Waals surface area contributed by atoms with Crippen LogP contribution in [0.5, 0.6) is 0 Å². The third kappa shape index (κ3) is 2.77. The molecule has 1 N–H and O–H groups in total. The molecule has 1 aliphatic rings. The quantitative estimate of drug-likeness (QED) is 0.913. The first-order chi connectivity index (χ1) is 9.36. The van der Waals surface area contributed by atoms with Crippen molar-refractivity contribution < 1.29 is 0 Å². The summed E-state index contributed by atoms with van der Waals surface area (Å²) in [5, 5.41) is 4.72. The zero-order valence-electron chi connectivity index (χ0n) is 11.5. The van der Waals surface area contributed by atoms with Gasteiger partial charge in [-0.05, 0) is 30.2 Å². The Balaban J connectivity index is 1.80. The first-order valence-corrected chi connectivity index (χ1v) is 7.15. The zero-order valence-corrected chi connectivity index (χ0v) is 11.5. The smallest absolute Gasteiger partial charge is 0.0702 e. The van der Waals surface area contributed by atoms with Gasteiger partial charge in [-0.25, -0.2) is 0 Å². The van der Waals surface area contributed by atoms with Crippen LogP contribution in [0.15, 0.2) is 36.5 Å². The fraction of sp³-hybridized carbons (Fsp3) is 0.438. The van der Waals surface area contributed by atoms with Crippen LogP contribution in [0.3, 0.4) is 0 Å². The first kappa shape index (κ1) is 12.6. The van der Waals surface area contributed by atoms with Crippen molar-refractivity contribution in [2.24, 2.45) is 0 Å². The summed E-state index contributed by atoms with van der Waals surface area (Å²) in [7, 11) is 0. The predicted molar refractivity (Wildman–Crippen MR) is 79.1 cm³/mol. The summed E-state index contributed by atoms with van der Waals surface area (Å²) in [5.74, 6) is 0. The molecule has 1 aromatic carbocycles. The lowest BCUT2D eigenvalue weighted by molar-refractivity contribution is 0.149. The Labute approximate surface area is 114 Å². The van der Waals surface area contributed by atoms with Crippen LogP contribution >= 0.6 is 0 Å². The van der Waals surface area contributed by atoms with Gasteiger partial charge in [-0.15, -0.1) is 0 Å². The topological polar surface area (TPSA) is 28.2 Å². The van der Waals surface area contributed by atoms with E-state index in [4.69, 9.17) is 0 Å². The number of nitrogens with zero attached hydrogens (tertiary/aromatic N) is 2. The second-order valence-electron chi connectivity index (χ2n) is 5.27. The Morgan fingerprint density at radius 3 is 3.21 bits per heavy atom. The van der Waals surface area contributed by atoms with Gasteiger partial charge in [-0.3, -0.25) is 9.88 Å². The fourth-order valence-electron chi connectivity index (χ4n) is 2.87. The number of piperazine rings is 1. The number of rotatable bonds is 3. The molecule has 0 amide bonds. The minimum atomic E-state index is 0.665. The van der Waals surface area contributed by atoms with Gasteiger partial charge < -0.3 is 5.32 Å². The van der Waals surface area contributed by atoms with Crippen molar-refractivity contribution in [3.05, 3.63) is 42.1 Å². The van der Waals surface area contributed by atoms with Crippen LogP contribution in [0.25, 0.3) is 10.9 Å². The summed E-state index contributed by atoms with van der Waals surface area (Å²) < 4.78 is 0. The van der Waals surface area contributed by atoms with E-state index in [9.17, 15) is 0 Å². The Morgan fingerprint density at radius 1 is 1.37 bits per heavy atom. The van der Waals surface area contributed by atoms with E-state index in [0.29, 0.717) is 6.04 Å². The zero-order chi connectivity index (χ0) is 13.1. The molecule has 2 heterocycles. The predicted octanol–water partition coefficient (Wildman–Crippen LogP) is 2.42. The molecule has 1 fully saturated rings. The van der Waals surface area contributed by atoms with Gasteiger partial charge in [0.2, 0.25) is 0 Å². The van der Waals surface area contributed by atoms with Crippen LogP contribution in [-0.4, -0.2) is 35.6 Å². The maximum absolute atomic E-state index is 4.38. The third-order valence-corrected chi connectivity index (χ3v) is 4.00. The van der Waals surface area contributed by atoms with Crippen LogP contribution in [0.4, 0.5) is 0 Å². The minimum Gasteiger partial charge on any atom is -0.314 e. The number of nitrogens with one attached hydrogen (secondary N) is 1. The summed E-state index contributed by atoms with van der Waals surface area (Å²) in [5.41, 5.74) is 2.47. The lowest BCUT2D eigenvalue weighted by Crippen LogP contribution is -2.50. The normalized spacial score (nSPS) is 20.8. The van der Waals surface area contributed by atoms with Crippen molar-refractivity contribution in [1.82, 2.24) is 15.2 Å². The molecule has 1 aliphatic heterocycles. The van der Waals surface area contributed by atoms with Gasteiger partial charge in [0.15, 0.2) is 0 Å². The molecule has 100 valence electrons. The summed E-state index contributed by atoms with van der Waals surface area (Å²) >= 11 is 0. The highest BCUT2D eigenvalue weighted by Crippen LogP contribution is 2.17. The van der Waals surface area contributed by atoms with E-state index in [1.165, 1.54) is 17.4 Å². The molecule has 0 saturated carbocycles. The minimum absolute atomic E-state index is 0.665. The van der Waals surface area contributed by atoms with Gasteiger partial charge in [0, 0.05) is 43.8 Å². The lowest BCUT2D eigenvalue weighted by Gasteiger charge is -2.35. The second-order valence-corrected chi connectivity index (χ2v) is 5.27. The van der Waals surface area contributed by atoms with Crippen molar-refractivity contribution in [2.75, 3.05) is 19.6 Å². The molecule has 19 heavy (non-hydrogen) atoms. The van der Waals surface area contributed by atoms with E-state index in [1.807, 2.05) is 12.3 Å². The van der Waals surface area contributed by atoms with Crippen LogP contribution in [-0.2, 0) is 6.54 Å². The molecular formula is C16H21N3. The largest absolute Gasteiger partial charge is 0.314 e. The van der Waals surface area contributed by atoms with Crippen LogP contribution in [0, 0.1) is 0 Å². The van der Waals surface area contributed by atoms with Crippen molar-refractivity contribution in [1.29, 1.82) is 0 Å². The van der Waals surface area contributed by atoms with E-state index in [1.54, 1.807) is 0 Å². The van der Waals surface area contributed by atoms with Crippen LogP contribution in [0.1, 0.15) is 18.9 Å². The van der Waals surface area contributed by atoms with E-state index < -0.39 is 0 Å². The molecule has 2 aromatic rings. The Kier molecular flexibility index (Phi) is 3.76. The molecule has 1 unspecified atom stereocenters. The highest BCUT2D eigenvalue weighted by molar-refractivity contribution is 5.78. The average molecular weight is 255 g/mol. The lowest BCUT2D eigenvalue weighted by atomic mass is 10.1. The van der Waals surface area contributed by atoms with Crippen molar-refractivity contribution in [3.8, 4) is 0 Å². The molecule has 0 aliphatic carbocycles. The summed E-state index contributed by atoms with van der Waals surface area (Å²) in [6.07, 6.45) is 3.06. The van der Waals surface area contributed by atoms with Gasteiger partial charge >= 0.3 is 0 Å². The van der Waals surface area contributed by atoms with E-state index >= 15 is 0 Å². The average Bonchev–Trinajstić information content (AvgIpc) is 2.48. The maximum atomic E-state index is 4.38. The molecule has 3 nitrogen and oxygen atoms in total. The second kappa shape index (κ2) is 5.68. The summed E-state index contributed by atoms with van der Waals surface area (Å²) in [6, 6.07) is 11.4.